The van der Waals surface area contributed by atoms with Gasteiger partial charge in [-0.05, 0) is 18.1 Å². The largest absolute Gasteiger partial charge is 0.383 e. The maximum absolute atomic E-state index is 11.8. The van der Waals surface area contributed by atoms with Crippen LogP contribution in [0, 0.1) is 0 Å². The van der Waals surface area contributed by atoms with Crippen molar-refractivity contribution in [2.75, 3.05) is 20.3 Å². The van der Waals surface area contributed by atoms with E-state index in [1.807, 2.05) is 30.5 Å². The predicted molar refractivity (Wildman–Crippen MR) is 74.9 cm³/mol. The van der Waals surface area contributed by atoms with Gasteiger partial charge in [0.15, 0.2) is 0 Å². The Hall–Kier alpha value is -1.85. The highest BCUT2D eigenvalue weighted by atomic mass is 16.5. The Kier molecular flexibility index (Phi) is 4.54. The summed E-state index contributed by atoms with van der Waals surface area (Å²) in [6, 6.07) is 7.43. The van der Waals surface area contributed by atoms with Crippen LogP contribution in [0.1, 0.15) is 5.56 Å². The van der Waals surface area contributed by atoms with Crippen molar-refractivity contribution < 1.29 is 9.53 Å². The number of nitrogens with one attached hydrogen (secondary N) is 2. The van der Waals surface area contributed by atoms with E-state index in [-0.39, 0.29) is 5.91 Å². The molecule has 1 atom stereocenters. The van der Waals surface area contributed by atoms with Crippen LogP contribution in [-0.4, -0.2) is 37.2 Å². The number of hydrogen-bond donors (Lipinski definition) is 3. The normalized spacial score (nSPS) is 12.5. The van der Waals surface area contributed by atoms with Crippen LogP contribution < -0.4 is 11.1 Å². The van der Waals surface area contributed by atoms with Gasteiger partial charge in [-0.3, -0.25) is 4.79 Å². The first-order chi connectivity index (χ1) is 9.22. The minimum atomic E-state index is -0.545. The number of aromatic nitrogens is 1. The SMILES string of the molecule is COCCNC(=O)C(N)Cc1c[nH]c2ccccc12. The summed E-state index contributed by atoms with van der Waals surface area (Å²) in [5, 5.41) is 3.86. The van der Waals surface area contributed by atoms with E-state index in [2.05, 4.69) is 10.3 Å². The maximum Gasteiger partial charge on any atom is 0.237 e. The molecule has 5 heteroatoms. The van der Waals surface area contributed by atoms with Crippen LogP contribution in [0.15, 0.2) is 30.5 Å². The van der Waals surface area contributed by atoms with Crippen molar-refractivity contribution in [1.29, 1.82) is 0 Å². The molecule has 1 unspecified atom stereocenters. The van der Waals surface area contributed by atoms with Crippen molar-refractivity contribution in [3.63, 3.8) is 0 Å². The summed E-state index contributed by atoms with van der Waals surface area (Å²) in [5.74, 6) is -0.151. The predicted octanol–water partition coefficient (Wildman–Crippen LogP) is 0.800. The average molecular weight is 261 g/mol. The molecule has 0 radical (unpaired) electrons. The molecule has 0 saturated heterocycles. The first-order valence-corrected chi connectivity index (χ1v) is 6.29. The minimum Gasteiger partial charge on any atom is -0.383 e. The van der Waals surface area contributed by atoms with E-state index < -0.39 is 6.04 Å². The summed E-state index contributed by atoms with van der Waals surface area (Å²) in [7, 11) is 1.60. The molecule has 19 heavy (non-hydrogen) atoms. The van der Waals surface area contributed by atoms with Gasteiger partial charge in [0.25, 0.3) is 0 Å². The summed E-state index contributed by atoms with van der Waals surface area (Å²) < 4.78 is 4.87. The molecule has 0 aliphatic carbocycles. The van der Waals surface area contributed by atoms with Gasteiger partial charge in [-0.2, -0.15) is 0 Å². The molecule has 0 aliphatic rings. The van der Waals surface area contributed by atoms with Gasteiger partial charge in [0.05, 0.1) is 12.6 Å². The third-order valence-corrected chi connectivity index (χ3v) is 3.06. The molecule has 1 amide bonds. The van der Waals surface area contributed by atoms with Crippen LogP contribution in [0.3, 0.4) is 0 Å². The van der Waals surface area contributed by atoms with E-state index in [4.69, 9.17) is 10.5 Å². The number of carbonyl (C=O) groups is 1. The third-order valence-electron chi connectivity index (χ3n) is 3.06. The molecule has 5 nitrogen and oxygen atoms in total. The molecule has 0 bridgehead atoms. The Morgan fingerprint density at radius 1 is 1.47 bits per heavy atom. The van der Waals surface area contributed by atoms with Gasteiger partial charge in [-0.25, -0.2) is 0 Å². The van der Waals surface area contributed by atoms with E-state index in [0.29, 0.717) is 19.6 Å². The standard InChI is InChI=1S/C14H19N3O2/c1-19-7-6-16-14(18)12(15)8-10-9-17-13-5-3-2-4-11(10)13/h2-5,9,12,17H,6-8,15H2,1H3,(H,16,18). The summed E-state index contributed by atoms with van der Waals surface area (Å²) in [6.45, 7) is 0.975. The Labute approximate surface area is 112 Å². The van der Waals surface area contributed by atoms with Crippen molar-refractivity contribution in [3.05, 3.63) is 36.0 Å². The van der Waals surface area contributed by atoms with Crippen LogP contribution in [0.5, 0.6) is 0 Å². The Bertz CT molecular complexity index is 550. The lowest BCUT2D eigenvalue weighted by Gasteiger charge is -2.11. The number of benzene rings is 1. The van der Waals surface area contributed by atoms with Crippen molar-refractivity contribution in [2.45, 2.75) is 12.5 Å². The molecule has 0 fully saturated rings. The van der Waals surface area contributed by atoms with E-state index in [9.17, 15) is 4.79 Å². The Morgan fingerprint density at radius 3 is 3.05 bits per heavy atom. The molecule has 0 spiro atoms. The molecule has 102 valence electrons. The van der Waals surface area contributed by atoms with Crippen molar-refractivity contribution in [2.24, 2.45) is 5.73 Å². The quantitative estimate of drug-likeness (QED) is 0.673. The number of aromatic amines is 1. The fourth-order valence-corrected chi connectivity index (χ4v) is 2.04. The van der Waals surface area contributed by atoms with Gasteiger partial charge in [-0.1, -0.05) is 18.2 Å². The lowest BCUT2D eigenvalue weighted by Crippen LogP contribution is -2.43. The van der Waals surface area contributed by atoms with Crippen molar-refractivity contribution >= 4 is 16.8 Å². The average Bonchev–Trinajstić information content (AvgIpc) is 2.82. The number of carbonyl (C=O) groups excluding carboxylic acids is 1. The number of amides is 1. The highest BCUT2D eigenvalue weighted by molar-refractivity contribution is 5.86. The van der Waals surface area contributed by atoms with Gasteiger partial charge >= 0.3 is 0 Å². The molecule has 0 aliphatic heterocycles. The van der Waals surface area contributed by atoms with E-state index in [1.54, 1.807) is 7.11 Å². The van der Waals surface area contributed by atoms with Gasteiger partial charge in [0, 0.05) is 30.8 Å². The topological polar surface area (TPSA) is 80.1 Å². The number of fused-ring (bicyclic) bond motifs is 1. The fourth-order valence-electron chi connectivity index (χ4n) is 2.04. The molecular formula is C14H19N3O2. The molecule has 2 rings (SSSR count). The molecule has 1 aromatic carbocycles. The number of para-hydroxylation sites is 1. The van der Waals surface area contributed by atoms with E-state index in [1.165, 1.54) is 0 Å². The smallest absolute Gasteiger partial charge is 0.237 e. The fraction of sp³-hybridized carbons (Fsp3) is 0.357. The van der Waals surface area contributed by atoms with Gasteiger partial charge in [0.1, 0.15) is 0 Å². The molecule has 0 saturated carbocycles. The zero-order valence-electron chi connectivity index (χ0n) is 11.0. The number of H-pyrrole nitrogens is 1. The summed E-state index contributed by atoms with van der Waals surface area (Å²) >= 11 is 0. The summed E-state index contributed by atoms with van der Waals surface area (Å²) in [5.41, 5.74) is 8.03. The highest BCUT2D eigenvalue weighted by Crippen LogP contribution is 2.18. The summed E-state index contributed by atoms with van der Waals surface area (Å²) in [6.07, 6.45) is 2.43. The van der Waals surface area contributed by atoms with E-state index >= 15 is 0 Å². The third kappa shape index (κ3) is 3.33. The summed E-state index contributed by atoms with van der Waals surface area (Å²) in [4.78, 5) is 15.0. The second-order valence-electron chi connectivity index (χ2n) is 4.45. The Balaban J connectivity index is 1.98. The lowest BCUT2D eigenvalue weighted by molar-refractivity contribution is -0.122. The van der Waals surface area contributed by atoms with Gasteiger partial charge < -0.3 is 20.8 Å². The van der Waals surface area contributed by atoms with Crippen molar-refractivity contribution in [1.82, 2.24) is 10.3 Å². The van der Waals surface area contributed by atoms with E-state index in [0.717, 1.165) is 16.5 Å². The zero-order valence-corrected chi connectivity index (χ0v) is 11.0. The number of rotatable bonds is 6. The first kappa shape index (κ1) is 13.6. The minimum absolute atomic E-state index is 0.151. The van der Waals surface area contributed by atoms with Crippen LogP contribution >= 0.6 is 0 Å². The molecule has 1 heterocycles. The van der Waals surface area contributed by atoms with Crippen LogP contribution in [0.4, 0.5) is 0 Å². The Morgan fingerprint density at radius 2 is 2.26 bits per heavy atom. The lowest BCUT2D eigenvalue weighted by atomic mass is 10.1. The number of ether oxygens (including phenoxy) is 1. The van der Waals surface area contributed by atoms with Gasteiger partial charge in [0.2, 0.25) is 5.91 Å². The van der Waals surface area contributed by atoms with Gasteiger partial charge in [-0.15, -0.1) is 0 Å². The first-order valence-electron chi connectivity index (χ1n) is 6.29. The van der Waals surface area contributed by atoms with Crippen molar-refractivity contribution in [3.8, 4) is 0 Å². The van der Waals surface area contributed by atoms with Crippen LogP contribution in [0.25, 0.3) is 10.9 Å². The molecule has 4 N–H and O–H groups in total. The highest BCUT2D eigenvalue weighted by Gasteiger charge is 2.15. The number of methoxy groups -OCH3 is 1. The number of nitrogens with two attached hydrogens (primary N) is 1. The second-order valence-corrected chi connectivity index (χ2v) is 4.45. The molecular weight excluding hydrogens is 242 g/mol. The monoisotopic (exact) mass is 261 g/mol. The molecule has 2 aromatic rings. The maximum atomic E-state index is 11.8. The second kappa shape index (κ2) is 6.36. The zero-order chi connectivity index (χ0) is 13.7. The molecule has 1 aromatic heterocycles. The van der Waals surface area contributed by atoms with Crippen LogP contribution in [0.2, 0.25) is 0 Å². The number of hydrogen-bond acceptors (Lipinski definition) is 3. The van der Waals surface area contributed by atoms with Crippen LogP contribution in [-0.2, 0) is 16.0 Å².